The van der Waals surface area contributed by atoms with Gasteiger partial charge in [0, 0.05) is 0 Å². The van der Waals surface area contributed by atoms with Gasteiger partial charge in [-0.15, -0.1) is 0 Å². The summed E-state index contributed by atoms with van der Waals surface area (Å²) in [5.74, 6) is 0. The first-order chi connectivity index (χ1) is 5.36. The van der Waals surface area contributed by atoms with Gasteiger partial charge in [0.25, 0.3) is 0 Å². The molecule has 0 saturated heterocycles. The first-order valence-electron chi connectivity index (χ1n) is 2.90. The van der Waals surface area contributed by atoms with Crippen LogP contribution in [0.4, 0.5) is 0 Å². The van der Waals surface area contributed by atoms with Crippen LogP contribution >= 0.6 is 22.7 Å². The monoisotopic (exact) mass is 247 g/mol. The molecule has 2 aromatic rings. The molecule has 2 rings (SSSR count). The molecule has 5 heteroatoms. The van der Waals surface area contributed by atoms with E-state index in [2.05, 4.69) is 26.2 Å². The fraction of sp³-hybridized carbons (Fsp3) is 0. The molecule has 11 heavy (non-hydrogen) atoms. The summed E-state index contributed by atoms with van der Waals surface area (Å²) in [4.78, 5) is 1.18. The first-order valence-corrected chi connectivity index (χ1v) is 5.46. The number of thiophene rings is 1. The summed E-state index contributed by atoms with van der Waals surface area (Å²) in [6.45, 7) is 0. The van der Waals surface area contributed by atoms with Crippen molar-refractivity contribution >= 4 is 42.6 Å². The predicted molar refractivity (Wildman–Crippen MR) is 48.6 cm³/mol. The van der Waals surface area contributed by atoms with Gasteiger partial charge in [0.15, 0.2) is 0 Å². The second-order valence-corrected chi connectivity index (χ2v) is 5.17. The van der Waals surface area contributed by atoms with Gasteiger partial charge in [0.1, 0.15) is 0 Å². The maximum atomic E-state index is 4.01. The van der Waals surface area contributed by atoms with Crippen LogP contribution in [0, 0.1) is 0 Å². The summed E-state index contributed by atoms with van der Waals surface area (Å²) in [6.07, 6.45) is 0. The molecule has 0 aromatic carbocycles. The van der Waals surface area contributed by atoms with Crippen LogP contribution < -0.4 is 3.91 Å². The van der Waals surface area contributed by atoms with Crippen molar-refractivity contribution in [1.29, 1.82) is 0 Å². The van der Waals surface area contributed by atoms with Crippen molar-refractivity contribution in [3.05, 3.63) is 17.5 Å². The topological polar surface area (TPSA) is 25.8 Å². The zero-order valence-corrected chi connectivity index (χ0v) is 8.70. The van der Waals surface area contributed by atoms with Crippen LogP contribution in [0.3, 0.4) is 0 Å². The number of aromatic nitrogens is 2. The molecule has 2 aromatic heterocycles. The molecule has 0 fully saturated rings. The van der Waals surface area contributed by atoms with E-state index in [-0.39, 0.29) is 0 Å². The Hall–Kier alpha value is -0.221. The molecule has 0 aliphatic rings. The Morgan fingerprint density at radius 2 is 2.27 bits per heavy atom. The Labute approximate surface area is 80.1 Å². The molecular formula is C6H3N2S2Se. The summed E-state index contributed by atoms with van der Waals surface area (Å²) >= 11 is 6.10. The van der Waals surface area contributed by atoms with E-state index in [9.17, 15) is 0 Å². The Kier molecular flexibility index (Phi) is 2.04. The van der Waals surface area contributed by atoms with Gasteiger partial charge in [-0.05, 0) is 0 Å². The molecule has 0 aliphatic heterocycles. The number of rotatable bonds is 1. The summed E-state index contributed by atoms with van der Waals surface area (Å²) in [5, 5.41) is 10.9. The minimum atomic E-state index is 0.897. The molecule has 0 spiro atoms. The van der Waals surface area contributed by atoms with Crippen LogP contribution in [0.5, 0.6) is 0 Å². The van der Waals surface area contributed by atoms with Gasteiger partial charge in [-0.2, -0.15) is 0 Å². The van der Waals surface area contributed by atoms with E-state index in [1.807, 2.05) is 17.5 Å². The third-order valence-electron chi connectivity index (χ3n) is 1.14. The van der Waals surface area contributed by atoms with E-state index in [4.69, 9.17) is 0 Å². The average Bonchev–Trinajstić information content (AvgIpc) is 2.55. The Morgan fingerprint density at radius 1 is 1.36 bits per heavy atom. The average molecular weight is 246 g/mol. The number of nitrogens with zero attached hydrogens (tertiary/aromatic N) is 2. The summed E-state index contributed by atoms with van der Waals surface area (Å²) in [5.41, 5.74) is 0. The van der Waals surface area contributed by atoms with Crippen molar-refractivity contribution < 1.29 is 0 Å². The number of hydrogen-bond acceptors (Lipinski definition) is 4. The third kappa shape index (κ3) is 1.51. The minimum absolute atomic E-state index is 0.897. The van der Waals surface area contributed by atoms with Gasteiger partial charge in [-0.25, -0.2) is 0 Å². The van der Waals surface area contributed by atoms with Crippen LogP contribution in [0.25, 0.3) is 9.88 Å². The Morgan fingerprint density at radius 3 is 2.82 bits per heavy atom. The van der Waals surface area contributed by atoms with Crippen molar-refractivity contribution in [3.63, 3.8) is 0 Å². The molecule has 0 unspecified atom stereocenters. The standard InChI is InChI=1S/C6H3N2S2Se/c11-6-8-7-5(10-6)4-2-1-3-9-4/h1-3H. The molecule has 2 heterocycles. The third-order valence-corrected chi connectivity index (χ3v) is 3.59. The molecular weight excluding hydrogens is 243 g/mol. The predicted octanol–water partition coefficient (Wildman–Crippen LogP) is 1.06. The summed E-state index contributed by atoms with van der Waals surface area (Å²) in [7, 11) is 0. The van der Waals surface area contributed by atoms with Crippen molar-refractivity contribution in [1.82, 2.24) is 10.2 Å². The molecule has 55 valence electrons. The molecule has 0 amide bonds. The Balaban J connectivity index is 2.45. The molecule has 0 N–H and O–H groups in total. The maximum absolute atomic E-state index is 4.01. The van der Waals surface area contributed by atoms with Gasteiger partial charge in [0.2, 0.25) is 0 Å². The van der Waals surface area contributed by atoms with Crippen molar-refractivity contribution in [3.8, 4) is 9.88 Å². The van der Waals surface area contributed by atoms with E-state index in [0.717, 1.165) is 8.91 Å². The Bertz CT molecular complexity index is 341. The SMILES string of the molecule is [Se]c1nnc(-c2cccs2)s1. The van der Waals surface area contributed by atoms with E-state index < -0.39 is 0 Å². The van der Waals surface area contributed by atoms with Crippen molar-refractivity contribution in [2.45, 2.75) is 0 Å². The summed E-state index contributed by atoms with van der Waals surface area (Å²) < 4.78 is 0.897. The molecule has 0 aliphatic carbocycles. The molecule has 0 saturated carbocycles. The van der Waals surface area contributed by atoms with Crippen LogP contribution in [-0.2, 0) is 0 Å². The van der Waals surface area contributed by atoms with Gasteiger partial charge in [-0.1, -0.05) is 0 Å². The van der Waals surface area contributed by atoms with Gasteiger partial charge >= 0.3 is 80.2 Å². The molecule has 0 bridgehead atoms. The molecule has 0 atom stereocenters. The zero-order chi connectivity index (χ0) is 7.68. The first kappa shape index (κ1) is 7.43. The van der Waals surface area contributed by atoms with Crippen LogP contribution in [0.2, 0.25) is 0 Å². The van der Waals surface area contributed by atoms with E-state index in [0.29, 0.717) is 0 Å². The van der Waals surface area contributed by atoms with Crippen molar-refractivity contribution in [2.24, 2.45) is 0 Å². The molecule has 1 radical (unpaired) electrons. The summed E-state index contributed by atoms with van der Waals surface area (Å²) in [6, 6.07) is 4.06. The van der Waals surface area contributed by atoms with Crippen LogP contribution in [0.1, 0.15) is 0 Å². The second-order valence-electron chi connectivity index (χ2n) is 1.85. The fourth-order valence-electron chi connectivity index (χ4n) is 0.710. The van der Waals surface area contributed by atoms with Crippen LogP contribution in [-0.4, -0.2) is 26.2 Å². The van der Waals surface area contributed by atoms with Gasteiger partial charge < -0.3 is 0 Å². The number of hydrogen-bond donors (Lipinski definition) is 0. The van der Waals surface area contributed by atoms with Crippen LogP contribution in [0.15, 0.2) is 17.5 Å². The fourth-order valence-corrected chi connectivity index (χ4v) is 2.66. The second kappa shape index (κ2) is 3.03. The normalized spacial score (nSPS) is 10.2. The van der Waals surface area contributed by atoms with Gasteiger partial charge in [-0.3, -0.25) is 0 Å². The van der Waals surface area contributed by atoms with Gasteiger partial charge in [0.05, 0.1) is 0 Å². The van der Waals surface area contributed by atoms with E-state index in [1.54, 1.807) is 22.7 Å². The molecule has 2 nitrogen and oxygen atoms in total. The van der Waals surface area contributed by atoms with Crippen molar-refractivity contribution in [2.75, 3.05) is 0 Å². The van der Waals surface area contributed by atoms with E-state index in [1.165, 1.54) is 4.88 Å². The zero-order valence-electron chi connectivity index (χ0n) is 5.35. The van der Waals surface area contributed by atoms with E-state index >= 15 is 0 Å². The quantitative estimate of drug-likeness (QED) is 0.703.